The quantitative estimate of drug-likeness (QED) is 0.798. The molecule has 0 spiro atoms. The van der Waals surface area contributed by atoms with E-state index in [0.717, 1.165) is 0 Å². The highest BCUT2D eigenvalue weighted by Crippen LogP contribution is 2.35. The van der Waals surface area contributed by atoms with Crippen molar-refractivity contribution in [1.29, 1.82) is 0 Å². The molecule has 2 aromatic rings. The van der Waals surface area contributed by atoms with Gasteiger partial charge in [-0.3, -0.25) is 9.59 Å². The van der Waals surface area contributed by atoms with Crippen LogP contribution in [0.4, 0.5) is 0 Å². The molecule has 126 valence electrons. The van der Waals surface area contributed by atoms with Gasteiger partial charge in [-0.2, -0.15) is 0 Å². The van der Waals surface area contributed by atoms with Crippen LogP contribution in [-0.4, -0.2) is 29.6 Å². The van der Waals surface area contributed by atoms with Gasteiger partial charge in [0.25, 0.3) is 11.8 Å². The highest BCUT2D eigenvalue weighted by atomic mass is 16.7. The van der Waals surface area contributed by atoms with Crippen LogP contribution < -0.4 is 9.47 Å². The highest BCUT2D eigenvalue weighted by molar-refractivity contribution is 6.20. The van der Waals surface area contributed by atoms with Gasteiger partial charge in [0.15, 0.2) is 11.5 Å². The van der Waals surface area contributed by atoms with Crippen LogP contribution in [0.2, 0.25) is 0 Å². The summed E-state index contributed by atoms with van der Waals surface area (Å²) in [5, 5.41) is 0.510. The highest BCUT2D eigenvalue weighted by Gasteiger charge is 2.39. The maximum Gasteiger partial charge on any atom is 0.340 e. The third-order valence-corrected chi connectivity index (χ3v) is 4.19. The van der Waals surface area contributed by atoms with E-state index in [1.54, 1.807) is 37.3 Å². The SMILES string of the molecule is C[C@H](C(=O)ON1C(=O)c2ccccc2C1=O)c1ccc2c(c1)OCO2. The van der Waals surface area contributed by atoms with Gasteiger partial charge in [-0.1, -0.05) is 23.3 Å². The van der Waals surface area contributed by atoms with Crippen LogP contribution >= 0.6 is 0 Å². The monoisotopic (exact) mass is 339 g/mol. The summed E-state index contributed by atoms with van der Waals surface area (Å²) in [7, 11) is 0. The van der Waals surface area contributed by atoms with Crippen LogP contribution in [0.3, 0.4) is 0 Å². The second-order valence-electron chi connectivity index (χ2n) is 5.69. The smallest absolute Gasteiger partial charge is 0.340 e. The standard InChI is InChI=1S/C18H13NO6/c1-10(11-6-7-14-15(8-11)24-9-23-14)18(22)25-19-16(20)12-4-2-3-5-13(12)17(19)21/h2-8,10H,9H2,1H3/t10-/m0/s1. The molecule has 0 aliphatic carbocycles. The molecular weight excluding hydrogens is 326 g/mol. The van der Waals surface area contributed by atoms with Gasteiger partial charge in [0.2, 0.25) is 6.79 Å². The second kappa shape index (κ2) is 5.62. The lowest BCUT2D eigenvalue weighted by Crippen LogP contribution is -2.34. The first-order chi connectivity index (χ1) is 12.1. The second-order valence-corrected chi connectivity index (χ2v) is 5.69. The first-order valence-electron chi connectivity index (χ1n) is 7.65. The predicted molar refractivity (Wildman–Crippen MR) is 84.0 cm³/mol. The molecule has 2 aliphatic heterocycles. The van der Waals surface area contributed by atoms with Crippen molar-refractivity contribution < 1.29 is 28.7 Å². The molecule has 0 saturated heterocycles. The molecule has 7 heteroatoms. The number of hydrogen-bond acceptors (Lipinski definition) is 6. The van der Waals surface area contributed by atoms with Crippen LogP contribution in [0.25, 0.3) is 0 Å². The fourth-order valence-electron chi connectivity index (χ4n) is 2.74. The van der Waals surface area contributed by atoms with Gasteiger partial charge < -0.3 is 14.3 Å². The number of imide groups is 1. The third kappa shape index (κ3) is 2.40. The van der Waals surface area contributed by atoms with Gasteiger partial charge in [0.05, 0.1) is 17.0 Å². The Hall–Kier alpha value is -3.35. The van der Waals surface area contributed by atoms with E-state index in [4.69, 9.17) is 14.3 Å². The summed E-state index contributed by atoms with van der Waals surface area (Å²) >= 11 is 0. The van der Waals surface area contributed by atoms with Crippen molar-refractivity contribution in [3.8, 4) is 11.5 Å². The molecule has 2 aromatic carbocycles. The number of hydroxylamine groups is 2. The minimum atomic E-state index is -0.714. The number of rotatable bonds is 3. The molecule has 2 amide bonds. The van der Waals surface area contributed by atoms with Crippen molar-refractivity contribution in [3.05, 3.63) is 59.2 Å². The minimum absolute atomic E-state index is 0.132. The summed E-state index contributed by atoms with van der Waals surface area (Å²) in [5.74, 6) is -1.56. The first-order valence-corrected chi connectivity index (χ1v) is 7.65. The third-order valence-electron chi connectivity index (χ3n) is 4.19. The Kier molecular flexibility index (Phi) is 3.42. The molecule has 0 aromatic heterocycles. The average molecular weight is 339 g/mol. The molecule has 4 rings (SSSR count). The van der Waals surface area contributed by atoms with Crippen molar-refractivity contribution in [2.75, 3.05) is 6.79 Å². The molecule has 0 fully saturated rings. The van der Waals surface area contributed by atoms with E-state index >= 15 is 0 Å². The lowest BCUT2D eigenvalue weighted by Gasteiger charge is -2.16. The van der Waals surface area contributed by atoms with Crippen molar-refractivity contribution in [1.82, 2.24) is 5.06 Å². The summed E-state index contributed by atoms with van der Waals surface area (Å²) in [6.45, 7) is 1.75. The van der Waals surface area contributed by atoms with E-state index in [1.165, 1.54) is 12.1 Å². The van der Waals surface area contributed by atoms with Crippen LogP contribution in [-0.2, 0) is 9.63 Å². The van der Waals surface area contributed by atoms with Gasteiger partial charge in [-0.25, -0.2) is 4.79 Å². The summed E-state index contributed by atoms with van der Waals surface area (Å²) in [6.07, 6.45) is 0. The van der Waals surface area contributed by atoms with Gasteiger partial charge in [0.1, 0.15) is 0 Å². The zero-order valence-electron chi connectivity index (χ0n) is 13.2. The van der Waals surface area contributed by atoms with Gasteiger partial charge in [-0.05, 0) is 36.8 Å². The van der Waals surface area contributed by atoms with Gasteiger partial charge >= 0.3 is 5.97 Å². The Morgan fingerprint density at radius 1 is 1.04 bits per heavy atom. The van der Waals surface area contributed by atoms with E-state index < -0.39 is 23.7 Å². The molecular formula is C18H13NO6. The van der Waals surface area contributed by atoms with Crippen LogP contribution in [0.1, 0.15) is 39.1 Å². The number of ether oxygens (including phenoxy) is 2. The van der Waals surface area contributed by atoms with E-state index in [-0.39, 0.29) is 17.9 Å². The molecule has 0 radical (unpaired) electrons. The Bertz CT molecular complexity index is 871. The largest absolute Gasteiger partial charge is 0.454 e. The number of fused-ring (bicyclic) bond motifs is 2. The Morgan fingerprint density at radius 2 is 1.68 bits per heavy atom. The molecule has 1 atom stereocenters. The average Bonchev–Trinajstić information content (AvgIpc) is 3.19. The van der Waals surface area contributed by atoms with E-state index in [1.807, 2.05) is 0 Å². The summed E-state index contributed by atoms with van der Waals surface area (Å²) in [5.41, 5.74) is 1.07. The van der Waals surface area contributed by atoms with Crippen LogP contribution in [0.15, 0.2) is 42.5 Å². The Balaban J connectivity index is 1.53. The molecule has 0 N–H and O–H groups in total. The van der Waals surface area contributed by atoms with E-state index in [9.17, 15) is 14.4 Å². The molecule has 0 saturated carbocycles. The zero-order chi connectivity index (χ0) is 17.6. The maximum absolute atomic E-state index is 12.4. The number of amides is 2. The maximum atomic E-state index is 12.4. The van der Waals surface area contributed by atoms with Crippen molar-refractivity contribution in [2.45, 2.75) is 12.8 Å². The lowest BCUT2D eigenvalue weighted by atomic mass is 10.0. The number of carbonyl (C=O) groups excluding carboxylic acids is 3. The molecule has 0 unspecified atom stereocenters. The van der Waals surface area contributed by atoms with Crippen molar-refractivity contribution in [3.63, 3.8) is 0 Å². The summed E-state index contributed by atoms with van der Waals surface area (Å²) < 4.78 is 10.5. The van der Waals surface area contributed by atoms with Crippen molar-refractivity contribution >= 4 is 17.8 Å². The lowest BCUT2D eigenvalue weighted by molar-refractivity contribution is -0.170. The fraction of sp³-hybridized carbons (Fsp3) is 0.167. The zero-order valence-corrected chi connectivity index (χ0v) is 13.2. The normalized spacial score (nSPS) is 16.0. The summed E-state index contributed by atoms with van der Waals surface area (Å²) in [4.78, 5) is 42.0. The first kappa shape index (κ1) is 15.2. The Labute approximate surface area is 142 Å². The van der Waals surface area contributed by atoms with Crippen LogP contribution in [0, 0.1) is 0 Å². The minimum Gasteiger partial charge on any atom is -0.454 e. The van der Waals surface area contributed by atoms with Crippen molar-refractivity contribution in [2.24, 2.45) is 0 Å². The predicted octanol–water partition coefficient (Wildman–Crippen LogP) is 2.27. The molecule has 2 aliphatic rings. The van der Waals surface area contributed by atoms with Gasteiger partial charge in [-0.15, -0.1) is 0 Å². The molecule has 0 bridgehead atoms. The fourth-order valence-corrected chi connectivity index (χ4v) is 2.74. The van der Waals surface area contributed by atoms with E-state index in [0.29, 0.717) is 22.1 Å². The number of nitrogens with zero attached hydrogens (tertiary/aromatic N) is 1. The van der Waals surface area contributed by atoms with E-state index in [2.05, 4.69) is 0 Å². The number of hydrogen-bond donors (Lipinski definition) is 0. The summed E-state index contributed by atoms with van der Waals surface area (Å²) in [6, 6.07) is 11.4. The number of benzene rings is 2. The molecule has 7 nitrogen and oxygen atoms in total. The van der Waals surface area contributed by atoms with Gasteiger partial charge in [0, 0.05) is 0 Å². The van der Waals surface area contributed by atoms with Crippen LogP contribution in [0.5, 0.6) is 11.5 Å². The topological polar surface area (TPSA) is 82.1 Å². The molecule has 25 heavy (non-hydrogen) atoms. The molecule has 2 heterocycles. The Morgan fingerprint density at radius 3 is 2.36 bits per heavy atom. The number of carbonyl (C=O) groups is 3.